The van der Waals surface area contributed by atoms with Gasteiger partial charge in [0.2, 0.25) is 5.91 Å². The van der Waals surface area contributed by atoms with E-state index >= 15 is 0 Å². The van der Waals surface area contributed by atoms with Crippen LogP contribution in [0.2, 0.25) is 0 Å². The first-order valence-corrected chi connectivity index (χ1v) is 10.8. The smallest absolute Gasteiger partial charge is 0.225 e. The van der Waals surface area contributed by atoms with Crippen LogP contribution in [-0.4, -0.2) is 38.1 Å². The fourth-order valence-corrected chi connectivity index (χ4v) is 3.54. The van der Waals surface area contributed by atoms with Gasteiger partial charge in [-0.3, -0.25) is 9.79 Å². The quantitative estimate of drug-likeness (QED) is 0.437. The minimum Gasteiger partial charge on any atom is -0.494 e. The third-order valence-corrected chi connectivity index (χ3v) is 5.00. The maximum atomic E-state index is 12.0. The molecule has 0 aliphatic carbocycles. The highest BCUT2D eigenvalue weighted by Crippen LogP contribution is 2.31. The average Bonchev–Trinajstić information content (AvgIpc) is 2.76. The summed E-state index contributed by atoms with van der Waals surface area (Å²) in [5.74, 6) is 1.85. The van der Waals surface area contributed by atoms with E-state index in [0.717, 1.165) is 55.5 Å². The summed E-state index contributed by atoms with van der Waals surface area (Å²) >= 11 is 0. The molecule has 2 aromatic carbocycles. The minimum absolute atomic E-state index is 0.0528. The Morgan fingerprint density at radius 3 is 2.87 bits per heavy atom. The van der Waals surface area contributed by atoms with Gasteiger partial charge >= 0.3 is 0 Å². The number of guanidine groups is 1. The Morgan fingerprint density at radius 1 is 1.17 bits per heavy atom. The number of para-hydroxylation sites is 1. The van der Waals surface area contributed by atoms with Gasteiger partial charge in [0, 0.05) is 31.1 Å². The molecule has 1 amide bonds. The van der Waals surface area contributed by atoms with Gasteiger partial charge in [0.05, 0.1) is 13.2 Å². The van der Waals surface area contributed by atoms with E-state index in [1.54, 1.807) is 0 Å². The molecule has 0 spiro atoms. The molecule has 0 saturated carbocycles. The largest absolute Gasteiger partial charge is 0.494 e. The number of carbonyl (C=O) groups is 1. The van der Waals surface area contributed by atoms with E-state index in [1.807, 2.05) is 30.3 Å². The number of nitrogens with one attached hydrogen (secondary N) is 3. The first-order chi connectivity index (χ1) is 14.7. The van der Waals surface area contributed by atoms with Crippen LogP contribution in [-0.2, 0) is 11.2 Å². The fourth-order valence-electron chi connectivity index (χ4n) is 3.54. The molecule has 0 saturated heterocycles. The molecule has 1 aliphatic rings. The summed E-state index contributed by atoms with van der Waals surface area (Å²) in [6, 6.07) is 16.2. The maximum absolute atomic E-state index is 12.0. The molecule has 1 aliphatic heterocycles. The molecular formula is C24H32N4O2. The van der Waals surface area contributed by atoms with Crippen molar-refractivity contribution >= 4 is 17.6 Å². The topological polar surface area (TPSA) is 74.8 Å². The highest BCUT2D eigenvalue weighted by atomic mass is 16.5. The van der Waals surface area contributed by atoms with Gasteiger partial charge in [0.15, 0.2) is 5.96 Å². The first-order valence-electron chi connectivity index (χ1n) is 10.8. The number of benzene rings is 2. The third kappa shape index (κ3) is 6.24. The summed E-state index contributed by atoms with van der Waals surface area (Å²) < 4.78 is 5.72. The molecule has 0 aromatic heterocycles. The monoisotopic (exact) mass is 408 g/mol. The number of hydrogen-bond donors (Lipinski definition) is 3. The second kappa shape index (κ2) is 11.2. The van der Waals surface area contributed by atoms with Crippen molar-refractivity contribution in [1.82, 2.24) is 10.6 Å². The summed E-state index contributed by atoms with van der Waals surface area (Å²) in [5, 5.41) is 9.64. The number of aliphatic imine (C=N–C) groups is 1. The predicted molar refractivity (Wildman–Crippen MR) is 122 cm³/mol. The van der Waals surface area contributed by atoms with Crippen molar-refractivity contribution in [2.75, 3.05) is 31.6 Å². The molecule has 30 heavy (non-hydrogen) atoms. The maximum Gasteiger partial charge on any atom is 0.225 e. The lowest BCUT2D eigenvalue weighted by molar-refractivity contribution is -0.116. The molecule has 1 unspecified atom stereocenters. The number of rotatable bonds is 9. The Morgan fingerprint density at radius 2 is 2.03 bits per heavy atom. The molecule has 0 bridgehead atoms. The van der Waals surface area contributed by atoms with E-state index in [2.05, 4.69) is 48.0 Å². The lowest BCUT2D eigenvalue weighted by atomic mass is 9.91. The van der Waals surface area contributed by atoms with E-state index in [-0.39, 0.29) is 11.8 Å². The number of hydrogen-bond acceptors (Lipinski definition) is 3. The van der Waals surface area contributed by atoms with Gasteiger partial charge in [0.1, 0.15) is 5.75 Å². The van der Waals surface area contributed by atoms with Crippen molar-refractivity contribution in [2.45, 2.75) is 39.0 Å². The summed E-state index contributed by atoms with van der Waals surface area (Å²) in [6.45, 7) is 7.02. The fraction of sp³-hybridized carbons (Fsp3) is 0.417. The van der Waals surface area contributed by atoms with Crippen molar-refractivity contribution in [1.29, 1.82) is 0 Å². The highest BCUT2D eigenvalue weighted by molar-refractivity contribution is 5.94. The summed E-state index contributed by atoms with van der Waals surface area (Å²) in [4.78, 5) is 16.8. The number of fused-ring (bicyclic) bond motifs is 1. The van der Waals surface area contributed by atoms with Crippen molar-refractivity contribution in [3.8, 4) is 5.75 Å². The SMILES string of the molecule is CCCOc1cccc(CCNC(=NCC2CC(=O)Nc3ccccc32)NCC)c1. The molecular weight excluding hydrogens is 376 g/mol. The summed E-state index contributed by atoms with van der Waals surface area (Å²) in [5.41, 5.74) is 3.28. The summed E-state index contributed by atoms with van der Waals surface area (Å²) in [7, 11) is 0. The average molecular weight is 409 g/mol. The van der Waals surface area contributed by atoms with Crippen molar-refractivity contribution in [2.24, 2.45) is 4.99 Å². The van der Waals surface area contributed by atoms with Crippen LogP contribution in [0.5, 0.6) is 5.75 Å². The number of anilines is 1. The zero-order valence-electron chi connectivity index (χ0n) is 17.9. The highest BCUT2D eigenvalue weighted by Gasteiger charge is 2.24. The number of ether oxygens (including phenoxy) is 1. The van der Waals surface area contributed by atoms with Gasteiger partial charge in [-0.05, 0) is 49.1 Å². The lowest BCUT2D eigenvalue weighted by Crippen LogP contribution is -2.38. The van der Waals surface area contributed by atoms with Crippen LogP contribution in [0.1, 0.15) is 43.7 Å². The third-order valence-electron chi connectivity index (χ3n) is 5.00. The van der Waals surface area contributed by atoms with E-state index in [0.29, 0.717) is 13.0 Å². The molecule has 3 N–H and O–H groups in total. The zero-order chi connectivity index (χ0) is 21.2. The molecule has 1 heterocycles. The Kier molecular flexibility index (Phi) is 8.12. The molecule has 160 valence electrons. The molecule has 6 nitrogen and oxygen atoms in total. The van der Waals surface area contributed by atoms with Gasteiger partial charge in [-0.25, -0.2) is 0 Å². The van der Waals surface area contributed by atoms with Crippen LogP contribution in [0.25, 0.3) is 0 Å². The number of carbonyl (C=O) groups excluding carboxylic acids is 1. The van der Waals surface area contributed by atoms with Gasteiger partial charge in [-0.1, -0.05) is 37.3 Å². The van der Waals surface area contributed by atoms with Crippen LogP contribution in [0.3, 0.4) is 0 Å². The van der Waals surface area contributed by atoms with Crippen molar-refractivity contribution in [3.05, 3.63) is 59.7 Å². The van der Waals surface area contributed by atoms with Gasteiger partial charge in [-0.2, -0.15) is 0 Å². The van der Waals surface area contributed by atoms with Crippen LogP contribution in [0.4, 0.5) is 5.69 Å². The van der Waals surface area contributed by atoms with Gasteiger partial charge in [0.25, 0.3) is 0 Å². The van der Waals surface area contributed by atoms with Crippen LogP contribution in [0.15, 0.2) is 53.5 Å². The van der Waals surface area contributed by atoms with E-state index in [9.17, 15) is 4.79 Å². The molecule has 2 aromatic rings. The molecule has 0 radical (unpaired) electrons. The van der Waals surface area contributed by atoms with Crippen LogP contribution >= 0.6 is 0 Å². The van der Waals surface area contributed by atoms with Crippen LogP contribution < -0.4 is 20.7 Å². The Labute approximate surface area is 179 Å². The Bertz CT molecular complexity index is 866. The van der Waals surface area contributed by atoms with Crippen LogP contribution in [0, 0.1) is 0 Å². The standard InChI is InChI=1S/C24H32N4O2/c1-3-14-30-20-9-7-8-18(15-20)12-13-26-24(25-4-2)27-17-19-16-23(29)28-22-11-6-5-10-21(19)22/h5-11,15,19H,3-4,12-14,16-17H2,1-2H3,(H,28,29)(H2,25,26,27). The molecule has 0 fully saturated rings. The molecule has 6 heteroatoms. The predicted octanol–water partition coefficient (Wildman–Crippen LogP) is 3.70. The Hall–Kier alpha value is -3.02. The number of amides is 1. The van der Waals surface area contributed by atoms with E-state index < -0.39 is 0 Å². The second-order valence-electron chi connectivity index (χ2n) is 7.43. The van der Waals surface area contributed by atoms with E-state index in [4.69, 9.17) is 9.73 Å². The van der Waals surface area contributed by atoms with Gasteiger partial charge < -0.3 is 20.7 Å². The lowest BCUT2D eigenvalue weighted by Gasteiger charge is -2.24. The normalized spacial score (nSPS) is 15.9. The molecule has 3 rings (SSSR count). The van der Waals surface area contributed by atoms with E-state index in [1.165, 1.54) is 5.56 Å². The zero-order valence-corrected chi connectivity index (χ0v) is 17.9. The number of nitrogens with zero attached hydrogens (tertiary/aromatic N) is 1. The van der Waals surface area contributed by atoms with Crippen molar-refractivity contribution < 1.29 is 9.53 Å². The second-order valence-corrected chi connectivity index (χ2v) is 7.43. The Balaban J connectivity index is 1.57. The first kappa shape index (κ1) is 21.7. The minimum atomic E-state index is 0.0528. The summed E-state index contributed by atoms with van der Waals surface area (Å²) in [6.07, 6.45) is 2.34. The molecule has 1 atom stereocenters. The van der Waals surface area contributed by atoms with Gasteiger partial charge in [-0.15, -0.1) is 0 Å². The van der Waals surface area contributed by atoms with Crippen molar-refractivity contribution in [3.63, 3.8) is 0 Å².